The van der Waals surface area contributed by atoms with E-state index in [4.69, 9.17) is 0 Å². The molecule has 1 heterocycles. The minimum Gasteiger partial charge on any atom is -0.332 e. The molecule has 0 aliphatic rings. The normalized spacial score (nSPS) is 11.8. The molecule has 2 aromatic carbocycles. The van der Waals surface area contributed by atoms with Crippen LogP contribution in [0.4, 0.5) is 13.2 Å². The number of fused-ring (bicyclic) bond motifs is 1. The molecule has 0 fully saturated rings. The van der Waals surface area contributed by atoms with Crippen LogP contribution in [0.25, 0.3) is 22.0 Å². The molecule has 0 saturated carbocycles. The number of benzene rings is 2. The van der Waals surface area contributed by atoms with E-state index in [-0.39, 0.29) is 0 Å². The lowest BCUT2D eigenvalue weighted by Crippen LogP contribution is -2.28. The van der Waals surface area contributed by atoms with Gasteiger partial charge in [0.05, 0.1) is 11.8 Å². The number of rotatable bonds is 1. The molecule has 0 unspecified atom stereocenters. The maximum Gasteiger partial charge on any atom is 0.416 e. The molecule has 4 heteroatoms. The molecule has 3 rings (SSSR count). The van der Waals surface area contributed by atoms with Crippen LogP contribution in [0.15, 0.2) is 54.7 Å². The van der Waals surface area contributed by atoms with Crippen molar-refractivity contribution in [3.05, 3.63) is 72.9 Å². The number of aromatic nitrogens is 1. The van der Waals surface area contributed by atoms with Gasteiger partial charge in [-0.05, 0) is 41.0 Å². The summed E-state index contributed by atoms with van der Waals surface area (Å²) in [4.78, 5) is 0. The summed E-state index contributed by atoms with van der Waals surface area (Å²) in [5, 5.41) is 1.99. The van der Waals surface area contributed by atoms with E-state index in [0.717, 1.165) is 28.1 Å². The Kier molecular flexibility index (Phi) is 3.32. The largest absolute Gasteiger partial charge is 0.416 e. The summed E-state index contributed by atoms with van der Waals surface area (Å²) in [6, 6.07) is 13.5. The number of aryl methyl sites for hydroxylation is 1. The fourth-order valence-electron chi connectivity index (χ4n) is 2.66. The SMILES string of the molecule is [CH2-][n+]1ccc2ccccc2c1-c1ccc(C(F)(F)F)cc1C. The summed E-state index contributed by atoms with van der Waals surface area (Å²) in [7, 11) is 3.95. The van der Waals surface area contributed by atoms with Crippen molar-refractivity contribution < 1.29 is 17.7 Å². The molecule has 0 bridgehead atoms. The third-order valence-electron chi connectivity index (χ3n) is 3.75. The number of nitrogens with zero attached hydrogens (tertiary/aromatic N) is 1. The van der Waals surface area contributed by atoms with Crippen molar-refractivity contribution in [1.29, 1.82) is 0 Å². The van der Waals surface area contributed by atoms with Gasteiger partial charge in [0.1, 0.15) is 5.69 Å². The highest BCUT2D eigenvalue weighted by Crippen LogP contribution is 2.34. The van der Waals surface area contributed by atoms with E-state index in [2.05, 4.69) is 7.05 Å². The second kappa shape index (κ2) is 5.05. The molecular formula is C18H14F3N. The van der Waals surface area contributed by atoms with E-state index in [9.17, 15) is 13.2 Å². The van der Waals surface area contributed by atoms with Crippen molar-refractivity contribution in [3.63, 3.8) is 0 Å². The molecule has 0 aliphatic carbocycles. The van der Waals surface area contributed by atoms with E-state index >= 15 is 0 Å². The van der Waals surface area contributed by atoms with Crippen molar-refractivity contribution in [1.82, 2.24) is 0 Å². The first kappa shape index (κ1) is 14.4. The molecule has 0 amide bonds. The summed E-state index contributed by atoms with van der Waals surface area (Å²) in [5.74, 6) is 0. The van der Waals surface area contributed by atoms with Crippen molar-refractivity contribution in [2.24, 2.45) is 0 Å². The van der Waals surface area contributed by atoms with E-state index in [1.165, 1.54) is 12.1 Å². The molecule has 1 aromatic heterocycles. The van der Waals surface area contributed by atoms with Crippen molar-refractivity contribution in [3.8, 4) is 11.3 Å². The standard InChI is InChI=1S/C18H14F3N/c1-12-11-14(18(19,20)21)7-8-15(12)17-16-6-4-3-5-13(16)9-10-22(17)2/h3-11H,2H2,1H3. The molecule has 3 aromatic rings. The maximum absolute atomic E-state index is 12.8. The van der Waals surface area contributed by atoms with E-state index in [1.807, 2.05) is 36.5 Å². The Bertz CT molecular complexity index is 851. The highest BCUT2D eigenvalue weighted by atomic mass is 19.4. The van der Waals surface area contributed by atoms with Crippen molar-refractivity contribution in [2.75, 3.05) is 0 Å². The maximum atomic E-state index is 12.8. The van der Waals surface area contributed by atoms with Crippen LogP contribution in [0.5, 0.6) is 0 Å². The molecular weight excluding hydrogens is 287 g/mol. The predicted octanol–water partition coefficient (Wildman–Crippen LogP) is 4.76. The minimum atomic E-state index is -4.33. The molecule has 0 spiro atoms. The van der Waals surface area contributed by atoms with Gasteiger partial charge in [0, 0.05) is 7.05 Å². The summed E-state index contributed by atoms with van der Waals surface area (Å²) in [6.07, 6.45) is -2.52. The first-order valence-electron chi connectivity index (χ1n) is 6.80. The molecule has 1 nitrogen and oxygen atoms in total. The predicted molar refractivity (Wildman–Crippen MR) is 80.1 cm³/mol. The van der Waals surface area contributed by atoms with Crippen LogP contribution < -0.4 is 4.57 Å². The van der Waals surface area contributed by atoms with E-state index < -0.39 is 11.7 Å². The van der Waals surface area contributed by atoms with Gasteiger partial charge in [-0.25, -0.2) is 0 Å². The van der Waals surface area contributed by atoms with Gasteiger partial charge in [-0.1, -0.05) is 36.4 Å². The molecule has 0 N–H and O–H groups in total. The first-order chi connectivity index (χ1) is 10.4. The molecule has 0 saturated heterocycles. The number of alkyl halides is 3. The van der Waals surface area contributed by atoms with Gasteiger partial charge in [-0.3, -0.25) is 0 Å². The molecule has 0 atom stereocenters. The Morgan fingerprint density at radius 3 is 2.41 bits per heavy atom. The zero-order valence-corrected chi connectivity index (χ0v) is 12.0. The highest BCUT2D eigenvalue weighted by Gasteiger charge is 2.30. The quantitative estimate of drug-likeness (QED) is 0.450. The van der Waals surface area contributed by atoms with Gasteiger partial charge in [0.2, 0.25) is 0 Å². The summed E-state index contributed by atoms with van der Waals surface area (Å²) < 4.78 is 40.1. The van der Waals surface area contributed by atoms with Crippen LogP contribution >= 0.6 is 0 Å². The van der Waals surface area contributed by atoms with Crippen molar-refractivity contribution in [2.45, 2.75) is 13.1 Å². The topological polar surface area (TPSA) is 3.88 Å². The Labute approximate surface area is 126 Å². The van der Waals surface area contributed by atoms with Crippen LogP contribution in [-0.2, 0) is 6.18 Å². The number of halogens is 3. The van der Waals surface area contributed by atoms with Crippen LogP contribution in [0.2, 0.25) is 0 Å². The Balaban J connectivity index is 2.26. The molecule has 0 aliphatic heterocycles. The number of pyridine rings is 1. The van der Waals surface area contributed by atoms with Gasteiger partial charge < -0.3 is 4.57 Å². The Morgan fingerprint density at radius 1 is 1.00 bits per heavy atom. The van der Waals surface area contributed by atoms with E-state index in [1.54, 1.807) is 11.5 Å². The first-order valence-corrected chi connectivity index (χ1v) is 6.80. The van der Waals surface area contributed by atoms with Gasteiger partial charge in [-0.2, -0.15) is 13.2 Å². The monoisotopic (exact) mass is 301 g/mol. The molecule has 112 valence electrons. The van der Waals surface area contributed by atoms with Gasteiger partial charge in [-0.15, -0.1) is 0 Å². The fourth-order valence-corrected chi connectivity index (χ4v) is 2.66. The Hall–Kier alpha value is -2.49. The minimum absolute atomic E-state index is 0.573. The van der Waals surface area contributed by atoms with Crippen LogP contribution in [0, 0.1) is 14.0 Å². The van der Waals surface area contributed by atoms with Crippen LogP contribution in [0.1, 0.15) is 11.1 Å². The fraction of sp³-hybridized carbons (Fsp3) is 0.111. The average Bonchev–Trinajstić information content (AvgIpc) is 2.47. The van der Waals surface area contributed by atoms with Crippen LogP contribution in [-0.4, -0.2) is 0 Å². The third-order valence-corrected chi connectivity index (χ3v) is 3.75. The van der Waals surface area contributed by atoms with Crippen LogP contribution in [0.3, 0.4) is 0 Å². The van der Waals surface area contributed by atoms with Gasteiger partial charge in [0.15, 0.2) is 0 Å². The summed E-state index contributed by atoms with van der Waals surface area (Å²) in [6.45, 7) is 1.69. The average molecular weight is 301 g/mol. The van der Waals surface area contributed by atoms with Gasteiger partial charge >= 0.3 is 6.18 Å². The lowest BCUT2D eigenvalue weighted by molar-refractivity contribution is -0.599. The second-order valence-corrected chi connectivity index (χ2v) is 5.25. The smallest absolute Gasteiger partial charge is 0.332 e. The third kappa shape index (κ3) is 2.41. The zero-order valence-electron chi connectivity index (χ0n) is 12.0. The summed E-state index contributed by atoms with van der Waals surface area (Å²) >= 11 is 0. The van der Waals surface area contributed by atoms with E-state index in [0.29, 0.717) is 5.56 Å². The van der Waals surface area contributed by atoms with Crippen molar-refractivity contribution >= 4 is 10.8 Å². The molecule has 22 heavy (non-hydrogen) atoms. The lowest BCUT2D eigenvalue weighted by Gasteiger charge is -2.15. The zero-order chi connectivity index (χ0) is 15.9. The molecule has 0 radical (unpaired) electrons. The van der Waals surface area contributed by atoms with Gasteiger partial charge in [0.25, 0.3) is 0 Å². The lowest BCUT2D eigenvalue weighted by atomic mass is 9.98. The Morgan fingerprint density at radius 2 is 1.73 bits per heavy atom. The summed E-state index contributed by atoms with van der Waals surface area (Å²) in [5.41, 5.74) is 1.50. The number of hydrogen-bond acceptors (Lipinski definition) is 0. The number of hydrogen-bond donors (Lipinski definition) is 0. The second-order valence-electron chi connectivity index (χ2n) is 5.25. The highest BCUT2D eigenvalue weighted by molar-refractivity contribution is 5.93.